The third kappa shape index (κ3) is 6.88. The average Bonchev–Trinajstić information content (AvgIpc) is 3.24. The average molecular weight is 468 g/mol. The Bertz CT molecular complexity index is 1110. The molecule has 0 saturated heterocycles. The van der Waals surface area contributed by atoms with E-state index in [2.05, 4.69) is 10.3 Å². The van der Waals surface area contributed by atoms with Crippen molar-refractivity contribution in [2.24, 2.45) is 0 Å². The normalized spacial score (nSPS) is 10.4. The van der Waals surface area contributed by atoms with Crippen molar-refractivity contribution in [1.82, 2.24) is 4.98 Å². The van der Waals surface area contributed by atoms with Gasteiger partial charge in [-0.1, -0.05) is 17.7 Å². The number of hydrogen-bond donors (Lipinski definition) is 1. The van der Waals surface area contributed by atoms with Gasteiger partial charge in [-0.05, 0) is 50.2 Å². The molecule has 9 heteroatoms. The van der Waals surface area contributed by atoms with Gasteiger partial charge in [-0.3, -0.25) is 19.7 Å². The van der Waals surface area contributed by atoms with E-state index in [1.165, 1.54) is 11.3 Å². The number of hydrogen-bond acceptors (Lipinski definition) is 7. The Morgan fingerprint density at radius 2 is 1.76 bits per heavy atom. The van der Waals surface area contributed by atoms with E-state index < -0.39 is 0 Å². The quantitative estimate of drug-likeness (QED) is 0.480. The lowest BCUT2D eigenvalue weighted by molar-refractivity contribution is -0.142. The first-order valence-corrected chi connectivity index (χ1v) is 11.2. The molecule has 2 aromatic carbocycles. The van der Waals surface area contributed by atoms with Gasteiger partial charge in [0, 0.05) is 23.7 Å². The Morgan fingerprint density at radius 1 is 1.06 bits per heavy atom. The van der Waals surface area contributed by atoms with Crippen LogP contribution >= 0.6 is 11.3 Å². The Labute approximate surface area is 196 Å². The van der Waals surface area contributed by atoms with E-state index in [-0.39, 0.29) is 30.8 Å². The molecule has 3 aromatic rings. The van der Waals surface area contributed by atoms with Crippen LogP contribution in [0, 0.1) is 6.92 Å². The van der Waals surface area contributed by atoms with E-state index in [1.54, 1.807) is 60.6 Å². The molecule has 0 atom stereocenters. The molecule has 0 unspecified atom stereocenters. The van der Waals surface area contributed by atoms with Crippen molar-refractivity contribution in [1.29, 1.82) is 0 Å². The molecule has 0 radical (unpaired) electrons. The summed E-state index contributed by atoms with van der Waals surface area (Å²) in [5.41, 5.74) is 2.93. The number of ether oxygens (including phenoxy) is 2. The second kappa shape index (κ2) is 11.2. The number of carbonyl (C=O) groups is 3. The monoisotopic (exact) mass is 467 g/mol. The summed E-state index contributed by atoms with van der Waals surface area (Å²) in [5, 5.41) is 4.72. The Balaban J connectivity index is 1.49. The maximum Gasteiger partial charge on any atom is 0.311 e. The number of nitrogens with one attached hydrogen (secondary N) is 1. The molecular formula is C24H25N3O5S. The number of aromatic nitrogens is 1. The summed E-state index contributed by atoms with van der Waals surface area (Å²) in [6, 6.07) is 14.3. The highest BCUT2D eigenvalue weighted by Gasteiger charge is 2.14. The van der Waals surface area contributed by atoms with Crippen molar-refractivity contribution >= 4 is 39.9 Å². The van der Waals surface area contributed by atoms with Crippen LogP contribution in [0.15, 0.2) is 53.9 Å². The minimum atomic E-state index is -0.372. The van der Waals surface area contributed by atoms with Crippen molar-refractivity contribution in [3.05, 3.63) is 70.7 Å². The molecule has 0 aliphatic heterocycles. The molecule has 1 N–H and O–H groups in total. The van der Waals surface area contributed by atoms with Crippen LogP contribution in [0.25, 0.3) is 0 Å². The van der Waals surface area contributed by atoms with Crippen molar-refractivity contribution < 1.29 is 23.9 Å². The van der Waals surface area contributed by atoms with E-state index in [0.29, 0.717) is 34.4 Å². The molecule has 0 aliphatic carbocycles. The van der Waals surface area contributed by atoms with Gasteiger partial charge in [0.05, 0.1) is 18.7 Å². The molecule has 0 saturated carbocycles. The third-order valence-corrected chi connectivity index (χ3v) is 5.43. The van der Waals surface area contributed by atoms with Crippen molar-refractivity contribution in [3.8, 4) is 5.75 Å². The molecule has 8 nitrogen and oxygen atoms in total. The second-order valence-electron chi connectivity index (χ2n) is 7.19. The van der Waals surface area contributed by atoms with Gasteiger partial charge in [0.25, 0.3) is 11.8 Å². The van der Waals surface area contributed by atoms with E-state index in [9.17, 15) is 14.4 Å². The third-order valence-electron chi connectivity index (χ3n) is 4.63. The maximum atomic E-state index is 12.6. The van der Waals surface area contributed by atoms with Gasteiger partial charge in [0.2, 0.25) is 0 Å². The summed E-state index contributed by atoms with van der Waals surface area (Å²) in [5.74, 6) is -0.359. The van der Waals surface area contributed by atoms with Crippen molar-refractivity contribution in [2.75, 3.05) is 30.5 Å². The fourth-order valence-corrected chi connectivity index (χ4v) is 3.61. The van der Waals surface area contributed by atoms with Gasteiger partial charge in [0.15, 0.2) is 11.7 Å². The highest BCUT2D eigenvalue weighted by atomic mass is 32.1. The zero-order valence-electron chi connectivity index (χ0n) is 18.7. The molecule has 172 valence electrons. The SMILES string of the molecule is CCOC(=O)Cc1csc(NC(=O)COc2ccc(N(C)C(=O)c3ccc(C)cc3)cc2)n1. The van der Waals surface area contributed by atoms with Gasteiger partial charge in [-0.15, -0.1) is 11.3 Å². The number of thiazole rings is 1. The number of benzene rings is 2. The Morgan fingerprint density at radius 3 is 2.42 bits per heavy atom. The summed E-state index contributed by atoms with van der Waals surface area (Å²) in [7, 11) is 1.70. The highest BCUT2D eigenvalue weighted by molar-refractivity contribution is 7.13. The summed E-state index contributed by atoms with van der Waals surface area (Å²) < 4.78 is 10.4. The first kappa shape index (κ1) is 23.9. The minimum absolute atomic E-state index is 0.0594. The fraction of sp³-hybridized carbons (Fsp3) is 0.250. The maximum absolute atomic E-state index is 12.6. The molecule has 0 aliphatic rings. The van der Waals surface area contributed by atoms with Crippen LogP contribution in [0.1, 0.15) is 28.5 Å². The van der Waals surface area contributed by atoms with Gasteiger partial charge >= 0.3 is 5.97 Å². The molecule has 0 spiro atoms. The number of anilines is 2. The summed E-state index contributed by atoms with van der Waals surface area (Å²) >= 11 is 1.22. The fourth-order valence-electron chi connectivity index (χ4n) is 2.88. The van der Waals surface area contributed by atoms with Crippen LogP contribution in [-0.4, -0.2) is 43.0 Å². The number of aryl methyl sites for hydroxylation is 1. The van der Waals surface area contributed by atoms with E-state index >= 15 is 0 Å². The van der Waals surface area contributed by atoms with Crippen LogP contribution in [0.5, 0.6) is 5.75 Å². The molecule has 2 amide bonds. The van der Waals surface area contributed by atoms with Crippen LogP contribution in [0.4, 0.5) is 10.8 Å². The molecule has 0 bridgehead atoms. The molecule has 0 fully saturated rings. The molecule has 33 heavy (non-hydrogen) atoms. The molecule has 3 rings (SSSR count). The minimum Gasteiger partial charge on any atom is -0.484 e. The van der Waals surface area contributed by atoms with E-state index in [1.807, 2.05) is 19.1 Å². The predicted molar refractivity (Wildman–Crippen MR) is 127 cm³/mol. The number of carbonyl (C=O) groups excluding carboxylic acids is 3. The van der Waals surface area contributed by atoms with Gasteiger partial charge in [0.1, 0.15) is 5.75 Å². The number of amides is 2. The van der Waals surface area contributed by atoms with E-state index in [4.69, 9.17) is 9.47 Å². The predicted octanol–water partition coefficient (Wildman–Crippen LogP) is 3.85. The van der Waals surface area contributed by atoms with Crippen molar-refractivity contribution in [2.45, 2.75) is 20.3 Å². The van der Waals surface area contributed by atoms with Gasteiger partial charge < -0.3 is 14.4 Å². The molecule has 1 aromatic heterocycles. The second-order valence-corrected chi connectivity index (χ2v) is 8.04. The summed E-state index contributed by atoms with van der Waals surface area (Å²) in [4.78, 5) is 42.0. The smallest absolute Gasteiger partial charge is 0.311 e. The van der Waals surface area contributed by atoms with E-state index in [0.717, 1.165) is 5.56 Å². The first-order valence-electron chi connectivity index (χ1n) is 10.3. The zero-order valence-corrected chi connectivity index (χ0v) is 19.5. The number of nitrogens with zero attached hydrogens (tertiary/aromatic N) is 2. The van der Waals surface area contributed by atoms with Crippen LogP contribution in [0.3, 0.4) is 0 Å². The Kier molecular flexibility index (Phi) is 8.15. The topological polar surface area (TPSA) is 97.8 Å². The lowest BCUT2D eigenvalue weighted by atomic mass is 10.1. The van der Waals surface area contributed by atoms with Crippen LogP contribution in [0.2, 0.25) is 0 Å². The van der Waals surface area contributed by atoms with Crippen molar-refractivity contribution in [3.63, 3.8) is 0 Å². The largest absolute Gasteiger partial charge is 0.484 e. The Hall–Kier alpha value is -3.72. The standard InChI is InChI=1S/C24H25N3O5S/c1-4-31-22(29)13-18-15-33-24(25-18)26-21(28)14-32-20-11-9-19(10-12-20)27(3)23(30)17-7-5-16(2)6-8-17/h5-12,15H,4,13-14H2,1-3H3,(H,25,26,28). The number of esters is 1. The molecular weight excluding hydrogens is 442 g/mol. The summed E-state index contributed by atoms with van der Waals surface area (Å²) in [6.45, 7) is 3.81. The molecule has 1 heterocycles. The highest BCUT2D eigenvalue weighted by Crippen LogP contribution is 2.21. The lowest BCUT2D eigenvalue weighted by Crippen LogP contribution is -2.26. The zero-order chi connectivity index (χ0) is 23.8. The first-order chi connectivity index (χ1) is 15.9. The van der Waals surface area contributed by atoms with Crippen LogP contribution in [-0.2, 0) is 20.7 Å². The summed E-state index contributed by atoms with van der Waals surface area (Å²) in [6.07, 6.45) is 0.0594. The van der Waals surface area contributed by atoms with Crippen LogP contribution < -0.4 is 15.0 Å². The van der Waals surface area contributed by atoms with Gasteiger partial charge in [-0.2, -0.15) is 0 Å². The van der Waals surface area contributed by atoms with Gasteiger partial charge in [-0.25, -0.2) is 4.98 Å². The number of rotatable bonds is 9. The lowest BCUT2D eigenvalue weighted by Gasteiger charge is -2.18.